The minimum atomic E-state index is -0.449. The van der Waals surface area contributed by atoms with Crippen LogP contribution in [0.15, 0.2) is 48.7 Å². The van der Waals surface area contributed by atoms with Gasteiger partial charge in [-0.05, 0) is 60.4 Å². The maximum atomic E-state index is 12.2. The van der Waals surface area contributed by atoms with Gasteiger partial charge in [0.15, 0.2) is 11.5 Å². The Hall–Kier alpha value is -3.45. The van der Waals surface area contributed by atoms with Crippen molar-refractivity contribution in [2.24, 2.45) is 5.92 Å². The number of carbonyl (C=O) groups is 1. The number of likely N-dealkylation sites (N-methyl/N-ethyl adjacent to an activating group) is 1. The van der Waals surface area contributed by atoms with Crippen LogP contribution in [-0.2, 0) is 17.6 Å². The quantitative estimate of drug-likeness (QED) is 0.462. The summed E-state index contributed by atoms with van der Waals surface area (Å²) in [5.74, 6) is -0.193. The van der Waals surface area contributed by atoms with Crippen molar-refractivity contribution >= 4 is 22.6 Å². The first-order valence-corrected chi connectivity index (χ1v) is 10.9. The lowest BCUT2D eigenvalue weighted by molar-refractivity contribution is 0.120. The van der Waals surface area contributed by atoms with Gasteiger partial charge in [-0.3, -0.25) is 4.90 Å². The summed E-state index contributed by atoms with van der Waals surface area (Å²) in [5, 5.41) is 23.0. The minimum absolute atomic E-state index is 0.127. The molecule has 4 N–H and O–H groups in total. The van der Waals surface area contributed by atoms with Crippen molar-refractivity contribution < 1.29 is 19.7 Å². The first-order chi connectivity index (χ1) is 15.5. The second-order valence-electron chi connectivity index (χ2n) is 8.68. The molecule has 0 radical (unpaired) electrons. The number of amides is 1. The van der Waals surface area contributed by atoms with Crippen molar-refractivity contribution in [3.05, 3.63) is 65.4 Å². The van der Waals surface area contributed by atoms with Crippen LogP contribution in [0, 0.1) is 5.92 Å². The van der Waals surface area contributed by atoms with Gasteiger partial charge in [-0.25, -0.2) is 4.79 Å². The first-order valence-electron chi connectivity index (χ1n) is 10.9. The zero-order valence-electron chi connectivity index (χ0n) is 18.0. The second-order valence-corrected chi connectivity index (χ2v) is 8.68. The van der Waals surface area contributed by atoms with Crippen molar-refractivity contribution in [1.82, 2.24) is 15.2 Å². The Labute approximate surface area is 186 Å². The molecule has 1 aliphatic heterocycles. The normalized spacial score (nSPS) is 20.0. The first kappa shape index (κ1) is 20.5. The van der Waals surface area contributed by atoms with E-state index in [-0.39, 0.29) is 17.4 Å². The second kappa shape index (κ2) is 8.24. The monoisotopic (exact) mass is 433 g/mol. The highest BCUT2D eigenvalue weighted by Gasteiger charge is 2.33. The molecular weight excluding hydrogens is 406 g/mol. The molecule has 0 bridgehead atoms. The van der Waals surface area contributed by atoms with E-state index in [4.69, 9.17) is 4.74 Å². The summed E-state index contributed by atoms with van der Waals surface area (Å²) in [6, 6.07) is 11.4. The van der Waals surface area contributed by atoms with Gasteiger partial charge < -0.3 is 25.3 Å². The number of hydrogen-bond acceptors (Lipinski definition) is 5. The molecular formula is C25H27N3O4. The molecule has 1 aliphatic carbocycles. The number of aromatic nitrogens is 1. The van der Waals surface area contributed by atoms with Gasteiger partial charge in [0, 0.05) is 42.1 Å². The van der Waals surface area contributed by atoms with Gasteiger partial charge in [0.2, 0.25) is 0 Å². The van der Waals surface area contributed by atoms with Crippen molar-refractivity contribution in [2.45, 2.75) is 18.9 Å². The number of phenols is 2. The molecule has 0 saturated heterocycles. The van der Waals surface area contributed by atoms with Crippen LogP contribution in [0.3, 0.4) is 0 Å². The summed E-state index contributed by atoms with van der Waals surface area (Å²) in [5.41, 5.74) is 5.94. The van der Waals surface area contributed by atoms with Crippen LogP contribution in [0.4, 0.5) is 4.79 Å². The lowest BCUT2D eigenvalue weighted by Gasteiger charge is -2.39. The number of benzene rings is 2. The van der Waals surface area contributed by atoms with E-state index in [0.29, 0.717) is 25.6 Å². The Balaban J connectivity index is 1.20. The summed E-state index contributed by atoms with van der Waals surface area (Å²) < 4.78 is 5.50. The van der Waals surface area contributed by atoms with Crippen LogP contribution in [0.1, 0.15) is 16.7 Å². The number of phenolic OH excluding ortho intramolecular Hbond substituents is 2. The predicted octanol–water partition coefficient (Wildman–Crippen LogP) is 3.42. The summed E-state index contributed by atoms with van der Waals surface area (Å²) in [6.45, 7) is 1.54. The summed E-state index contributed by atoms with van der Waals surface area (Å²) in [4.78, 5) is 17.9. The Morgan fingerprint density at radius 3 is 2.97 bits per heavy atom. The van der Waals surface area contributed by atoms with E-state index in [2.05, 4.69) is 52.7 Å². The predicted molar refractivity (Wildman–Crippen MR) is 123 cm³/mol. The molecule has 2 heterocycles. The fraction of sp³-hybridized carbons (Fsp3) is 0.320. The van der Waals surface area contributed by atoms with Gasteiger partial charge in [-0.1, -0.05) is 24.3 Å². The molecule has 1 unspecified atom stereocenters. The summed E-state index contributed by atoms with van der Waals surface area (Å²) >= 11 is 0. The third-order valence-electron chi connectivity index (χ3n) is 6.49. The number of fused-ring (bicyclic) bond motifs is 2. The number of aromatic hydroxyl groups is 2. The number of ether oxygens (including phenoxy) is 1. The fourth-order valence-electron chi connectivity index (χ4n) is 4.92. The lowest BCUT2D eigenvalue weighted by atomic mass is 9.80. The molecule has 7 nitrogen and oxygen atoms in total. The number of hydrogen-bond donors (Lipinski definition) is 4. The SMILES string of the molecule is CN1CC(COC(=O)NCCc2ccc(O)c(O)c2)C=C2c3cccc4[nH]cc(c34)C[C@@H]21. The molecule has 0 spiro atoms. The van der Waals surface area contributed by atoms with Gasteiger partial charge in [0.1, 0.15) is 6.61 Å². The molecule has 1 aromatic heterocycles. The molecule has 0 saturated carbocycles. The molecule has 7 heteroatoms. The number of H-pyrrole nitrogens is 1. The maximum absolute atomic E-state index is 12.2. The van der Waals surface area contributed by atoms with Crippen molar-refractivity contribution in [3.8, 4) is 11.5 Å². The van der Waals surface area contributed by atoms with Crippen molar-refractivity contribution in [3.63, 3.8) is 0 Å². The van der Waals surface area contributed by atoms with Gasteiger partial charge in [-0.15, -0.1) is 0 Å². The van der Waals surface area contributed by atoms with Gasteiger partial charge >= 0.3 is 6.09 Å². The van der Waals surface area contributed by atoms with E-state index in [1.807, 2.05) is 0 Å². The van der Waals surface area contributed by atoms with Crippen LogP contribution in [0.5, 0.6) is 11.5 Å². The van der Waals surface area contributed by atoms with Gasteiger partial charge in [0.25, 0.3) is 0 Å². The van der Waals surface area contributed by atoms with E-state index in [0.717, 1.165) is 18.5 Å². The Morgan fingerprint density at radius 2 is 2.12 bits per heavy atom. The molecule has 1 amide bonds. The van der Waals surface area contributed by atoms with Crippen LogP contribution >= 0.6 is 0 Å². The van der Waals surface area contributed by atoms with E-state index in [1.165, 1.54) is 39.7 Å². The standard InChI is InChI=1S/C25H27N3O4/c1-28-13-16(14-32-25(31)26-8-7-15-5-6-22(29)23(30)10-15)9-19-18-3-2-4-20-24(18)17(12-27-20)11-21(19)28/h2-6,9-10,12,16,21,27,29-30H,7-8,11,13-14H2,1H3,(H,26,31)/t16?,21-/m0/s1. The molecule has 3 aromatic rings. The number of nitrogens with zero attached hydrogens (tertiary/aromatic N) is 1. The highest BCUT2D eigenvalue weighted by Crippen LogP contribution is 2.40. The van der Waals surface area contributed by atoms with Crippen LogP contribution in [-0.4, -0.2) is 59.0 Å². The van der Waals surface area contributed by atoms with E-state index < -0.39 is 6.09 Å². The van der Waals surface area contributed by atoms with Crippen molar-refractivity contribution in [2.75, 3.05) is 26.7 Å². The number of nitrogens with one attached hydrogen (secondary N) is 2. The molecule has 0 fully saturated rings. The number of aromatic amines is 1. The van der Waals surface area contributed by atoms with Crippen LogP contribution in [0.25, 0.3) is 16.5 Å². The average molecular weight is 434 g/mol. The average Bonchev–Trinajstić information content (AvgIpc) is 3.20. The minimum Gasteiger partial charge on any atom is -0.504 e. The third-order valence-corrected chi connectivity index (χ3v) is 6.49. The molecule has 5 rings (SSSR count). The highest BCUT2D eigenvalue weighted by atomic mass is 16.5. The van der Waals surface area contributed by atoms with Crippen LogP contribution < -0.4 is 5.32 Å². The van der Waals surface area contributed by atoms with Crippen molar-refractivity contribution in [1.29, 1.82) is 0 Å². The molecule has 166 valence electrons. The number of carbonyl (C=O) groups excluding carboxylic acids is 1. The topological polar surface area (TPSA) is 97.8 Å². The lowest BCUT2D eigenvalue weighted by Crippen LogP contribution is -2.43. The molecule has 2 aromatic carbocycles. The maximum Gasteiger partial charge on any atom is 0.407 e. The third kappa shape index (κ3) is 3.80. The van der Waals surface area contributed by atoms with Gasteiger partial charge in [0.05, 0.1) is 0 Å². The zero-order valence-corrected chi connectivity index (χ0v) is 18.0. The number of alkyl carbamates (subject to hydrolysis) is 1. The molecule has 2 aliphatic rings. The fourth-order valence-corrected chi connectivity index (χ4v) is 4.92. The highest BCUT2D eigenvalue weighted by molar-refractivity contribution is 5.98. The molecule has 2 atom stereocenters. The summed E-state index contributed by atoms with van der Waals surface area (Å²) in [7, 11) is 2.13. The zero-order chi connectivity index (χ0) is 22.2. The van der Waals surface area contributed by atoms with E-state index in [1.54, 1.807) is 6.07 Å². The Morgan fingerprint density at radius 1 is 1.25 bits per heavy atom. The summed E-state index contributed by atoms with van der Waals surface area (Å²) in [6.07, 6.45) is 5.47. The van der Waals surface area contributed by atoms with Crippen LogP contribution in [0.2, 0.25) is 0 Å². The Bertz CT molecular complexity index is 1200. The number of rotatable bonds is 5. The molecule has 32 heavy (non-hydrogen) atoms. The Kier molecular flexibility index (Phi) is 5.27. The largest absolute Gasteiger partial charge is 0.504 e. The smallest absolute Gasteiger partial charge is 0.407 e. The van der Waals surface area contributed by atoms with Gasteiger partial charge in [-0.2, -0.15) is 0 Å². The van der Waals surface area contributed by atoms with E-state index in [9.17, 15) is 15.0 Å². The van der Waals surface area contributed by atoms with E-state index >= 15 is 0 Å².